The summed E-state index contributed by atoms with van der Waals surface area (Å²) >= 11 is 0. The topological polar surface area (TPSA) is 63.8 Å². The van der Waals surface area contributed by atoms with Gasteiger partial charge >= 0.3 is 0 Å². The first-order chi connectivity index (χ1) is 26.0. The van der Waals surface area contributed by atoms with Crippen molar-refractivity contribution in [1.82, 2.24) is 19.5 Å². The molecule has 2 aromatic heterocycles. The zero-order valence-corrected chi connectivity index (χ0v) is 31.7. The monoisotopic (exact) mass is 704 g/mol. The molecular formula is C49H44N4O. The van der Waals surface area contributed by atoms with Crippen LogP contribution in [0.5, 0.6) is 5.75 Å². The summed E-state index contributed by atoms with van der Waals surface area (Å²) in [4.78, 5) is 14.6. The highest BCUT2D eigenvalue weighted by atomic mass is 16.3. The summed E-state index contributed by atoms with van der Waals surface area (Å²) in [6.45, 7) is 13.1. The fraction of sp³-hybridized carbons (Fsp3) is 0.163. The van der Waals surface area contributed by atoms with Crippen molar-refractivity contribution >= 4 is 11.0 Å². The molecule has 0 fully saturated rings. The highest BCUT2D eigenvalue weighted by Crippen LogP contribution is 2.45. The minimum absolute atomic E-state index is 0.166. The number of hydrogen-bond donors (Lipinski definition) is 1. The predicted molar refractivity (Wildman–Crippen MR) is 223 cm³/mol. The first-order valence-electron chi connectivity index (χ1n) is 18.5. The van der Waals surface area contributed by atoms with E-state index in [2.05, 4.69) is 177 Å². The van der Waals surface area contributed by atoms with Gasteiger partial charge in [-0.15, -0.1) is 0 Å². The smallest absolute Gasteiger partial charge is 0.149 e. The fourth-order valence-electron chi connectivity index (χ4n) is 7.27. The number of rotatable bonds is 6. The normalized spacial score (nSPS) is 12.0. The third-order valence-corrected chi connectivity index (χ3v) is 10.1. The molecule has 6 aromatic carbocycles. The maximum Gasteiger partial charge on any atom is 0.149 e. The third kappa shape index (κ3) is 6.47. The molecule has 0 radical (unpaired) electrons. The van der Waals surface area contributed by atoms with Gasteiger partial charge in [-0.05, 0) is 75.0 Å². The van der Waals surface area contributed by atoms with Crippen molar-refractivity contribution in [2.75, 3.05) is 0 Å². The van der Waals surface area contributed by atoms with E-state index in [0.717, 1.165) is 72.5 Å². The van der Waals surface area contributed by atoms with E-state index in [-0.39, 0.29) is 16.6 Å². The predicted octanol–water partition coefficient (Wildman–Crippen LogP) is 12.5. The van der Waals surface area contributed by atoms with Crippen LogP contribution in [0.2, 0.25) is 0 Å². The second-order valence-electron chi connectivity index (χ2n) is 16.0. The van der Waals surface area contributed by atoms with Crippen LogP contribution in [0.3, 0.4) is 0 Å². The first kappa shape index (κ1) is 34.7. The van der Waals surface area contributed by atoms with Gasteiger partial charge in [0.2, 0.25) is 0 Å². The molecule has 1 N–H and O–H groups in total. The van der Waals surface area contributed by atoms with Crippen LogP contribution in [0.4, 0.5) is 0 Å². The number of para-hydroxylation sites is 2. The van der Waals surface area contributed by atoms with Gasteiger partial charge in [0.15, 0.2) is 0 Å². The van der Waals surface area contributed by atoms with Crippen LogP contribution in [0.1, 0.15) is 52.7 Å². The molecule has 2 heterocycles. The Bertz CT molecular complexity index is 2550. The number of aromatic hydroxyl groups is 1. The van der Waals surface area contributed by atoms with E-state index in [1.807, 2.05) is 12.1 Å². The van der Waals surface area contributed by atoms with Crippen molar-refractivity contribution in [2.45, 2.75) is 52.4 Å². The van der Waals surface area contributed by atoms with Crippen molar-refractivity contribution in [3.05, 3.63) is 163 Å². The Morgan fingerprint density at radius 1 is 0.537 bits per heavy atom. The number of aromatic nitrogens is 4. The minimum Gasteiger partial charge on any atom is -0.507 e. The number of benzene rings is 6. The Morgan fingerprint density at radius 2 is 1.19 bits per heavy atom. The van der Waals surface area contributed by atoms with Gasteiger partial charge in [-0.25, -0.2) is 4.98 Å². The summed E-state index contributed by atoms with van der Waals surface area (Å²) in [5.74, 6) is 0.935. The maximum atomic E-state index is 12.3. The second-order valence-corrected chi connectivity index (χ2v) is 16.0. The third-order valence-electron chi connectivity index (χ3n) is 10.1. The van der Waals surface area contributed by atoms with Crippen LogP contribution in [-0.4, -0.2) is 24.6 Å². The molecule has 0 unspecified atom stereocenters. The number of hydrogen-bond acceptors (Lipinski definition) is 4. The molecule has 0 atom stereocenters. The SMILES string of the molecule is CC(C)(C)c1cc(-c2nc3c(-c4cc(-c5ccccc5)cc(-c5cnccn5)c4)cccc3n2-c2ccccc2-c2ccccc2)c(O)c(C(C)(C)C)c1. The Balaban J connectivity index is 1.47. The lowest BCUT2D eigenvalue weighted by Gasteiger charge is -2.27. The highest BCUT2D eigenvalue weighted by Gasteiger charge is 2.29. The van der Waals surface area contributed by atoms with E-state index in [4.69, 9.17) is 4.98 Å². The van der Waals surface area contributed by atoms with E-state index in [1.54, 1.807) is 18.6 Å². The molecule has 266 valence electrons. The van der Waals surface area contributed by atoms with Crippen LogP contribution in [0, 0.1) is 0 Å². The first-order valence-corrected chi connectivity index (χ1v) is 18.5. The summed E-state index contributed by atoms with van der Waals surface area (Å²) in [6, 6.07) is 46.6. The minimum atomic E-state index is -0.307. The van der Waals surface area contributed by atoms with Gasteiger partial charge in [-0.3, -0.25) is 14.5 Å². The van der Waals surface area contributed by atoms with Crippen molar-refractivity contribution in [3.8, 4) is 67.5 Å². The standard InChI is InChI=1S/C49H44N4O/c1-48(2,3)37-29-40(46(54)41(30-37)49(4,5)6)47-52-45-39(21-15-23-44(45)53(47)43-22-14-13-20-38(43)33-18-11-8-12-19-33)35-26-34(32-16-9-7-10-17-32)27-36(28-35)42-31-50-24-25-51-42/h7-31,54H,1-6H3. The van der Waals surface area contributed by atoms with E-state index >= 15 is 0 Å². The molecule has 0 aliphatic carbocycles. The van der Waals surface area contributed by atoms with Crippen LogP contribution >= 0.6 is 0 Å². The van der Waals surface area contributed by atoms with Crippen LogP contribution in [0.25, 0.3) is 72.7 Å². The largest absolute Gasteiger partial charge is 0.507 e. The lowest BCUT2D eigenvalue weighted by molar-refractivity contribution is 0.446. The summed E-state index contributed by atoms with van der Waals surface area (Å²) in [5, 5.41) is 12.3. The van der Waals surface area contributed by atoms with E-state index < -0.39 is 0 Å². The Kier molecular flexibility index (Phi) is 8.74. The molecule has 8 rings (SSSR count). The average Bonchev–Trinajstić information content (AvgIpc) is 3.57. The number of fused-ring (bicyclic) bond motifs is 1. The quantitative estimate of drug-likeness (QED) is 0.187. The molecule has 0 saturated carbocycles. The lowest BCUT2D eigenvalue weighted by Crippen LogP contribution is -2.17. The van der Waals surface area contributed by atoms with Crippen molar-refractivity contribution < 1.29 is 5.11 Å². The Labute approximate surface area is 317 Å². The van der Waals surface area contributed by atoms with Gasteiger partial charge in [0.05, 0.1) is 34.2 Å². The highest BCUT2D eigenvalue weighted by molar-refractivity contribution is 5.98. The summed E-state index contributed by atoms with van der Waals surface area (Å²) < 4.78 is 2.24. The van der Waals surface area contributed by atoms with Gasteiger partial charge in [-0.1, -0.05) is 139 Å². The van der Waals surface area contributed by atoms with Gasteiger partial charge in [0.1, 0.15) is 11.6 Å². The fourth-order valence-corrected chi connectivity index (χ4v) is 7.27. The van der Waals surface area contributed by atoms with Crippen molar-refractivity contribution in [3.63, 3.8) is 0 Å². The molecule has 0 amide bonds. The van der Waals surface area contributed by atoms with Crippen LogP contribution in [-0.2, 0) is 10.8 Å². The van der Waals surface area contributed by atoms with Gasteiger partial charge in [0.25, 0.3) is 0 Å². The molecule has 0 aliphatic heterocycles. The van der Waals surface area contributed by atoms with E-state index in [1.165, 1.54) is 0 Å². The van der Waals surface area contributed by atoms with Crippen LogP contribution in [0.15, 0.2) is 152 Å². The summed E-state index contributed by atoms with van der Waals surface area (Å²) in [7, 11) is 0. The van der Waals surface area contributed by atoms with Crippen LogP contribution < -0.4 is 0 Å². The Morgan fingerprint density at radius 3 is 1.87 bits per heavy atom. The van der Waals surface area contributed by atoms with Crippen molar-refractivity contribution in [1.29, 1.82) is 0 Å². The number of nitrogens with zero attached hydrogens (tertiary/aromatic N) is 4. The number of imidazole rings is 1. The molecule has 54 heavy (non-hydrogen) atoms. The summed E-state index contributed by atoms with van der Waals surface area (Å²) in [6.07, 6.45) is 5.23. The molecular weight excluding hydrogens is 661 g/mol. The average molecular weight is 705 g/mol. The van der Waals surface area contributed by atoms with Gasteiger partial charge in [-0.2, -0.15) is 0 Å². The van der Waals surface area contributed by atoms with E-state index in [0.29, 0.717) is 11.4 Å². The van der Waals surface area contributed by atoms with Gasteiger partial charge < -0.3 is 5.11 Å². The van der Waals surface area contributed by atoms with E-state index in [9.17, 15) is 5.11 Å². The number of phenolic OH excluding ortho intramolecular Hbond substituents is 1. The molecule has 8 aromatic rings. The molecule has 5 nitrogen and oxygen atoms in total. The van der Waals surface area contributed by atoms with Gasteiger partial charge in [0, 0.05) is 34.6 Å². The zero-order valence-electron chi connectivity index (χ0n) is 31.7. The molecule has 0 aliphatic rings. The zero-order chi connectivity index (χ0) is 37.6. The molecule has 0 bridgehead atoms. The Hall–Kier alpha value is -6.33. The van der Waals surface area contributed by atoms with Crippen molar-refractivity contribution in [2.24, 2.45) is 0 Å². The molecule has 0 saturated heterocycles. The summed E-state index contributed by atoms with van der Waals surface area (Å²) in [5.41, 5.74) is 13.1. The second kappa shape index (κ2) is 13.6. The lowest BCUT2D eigenvalue weighted by atomic mass is 9.79. The molecule has 0 spiro atoms. The maximum absolute atomic E-state index is 12.3. The molecule has 5 heteroatoms. The number of phenols is 1.